The van der Waals surface area contributed by atoms with E-state index in [0.29, 0.717) is 0 Å². The second kappa shape index (κ2) is 8.18. The first-order valence-corrected chi connectivity index (χ1v) is 7.87. The van der Waals surface area contributed by atoms with Crippen LogP contribution in [0.1, 0.15) is 15.9 Å². The molecule has 8 heteroatoms. The fourth-order valence-corrected chi connectivity index (χ4v) is 2.39. The number of phenolic OH excluding ortho intramolecular Hbond substituents is 1. The fourth-order valence-electron chi connectivity index (χ4n) is 2.00. The van der Waals surface area contributed by atoms with Crippen LogP contribution in [0, 0.1) is 5.82 Å². The van der Waals surface area contributed by atoms with Gasteiger partial charge in [-0.05, 0) is 30.3 Å². The molecule has 25 heavy (non-hydrogen) atoms. The average molecular weight is 386 g/mol. The van der Waals surface area contributed by atoms with E-state index in [-0.39, 0.29) is 33.5 Å². The Bertz CT molecular complexity index is 793. The molecule has 2 aromatic carbocycles. The number of amides is 1. The van der Waals surface area contributed by atoms with E-state index in [4.69, 9.17) is 27.9 Å². The van der Waals surface area contributed by atoms with Gasteiger partial charge in [0, 0.05) is 29.2 Å². The van der Waals surface area contributed by atoms with Crippen LogP contribution < -0.4 is 0 Å². The van der Waals surface area contributed by atoms with E-state index in [1.54, 1.807) is 0 Å². The quantitative estimate of drug-likeness (QED) is 0.797. The molecule has 0 aromatic heterocycles. The Morgan fingerprint density at radius 3 is 2.60 bits per heavy atom. The smallest absolute Gasteiger partial charge is 0.342 e. The summed E-state index contributed by atoms with van der Waals surface area (Å²) < 4.78 is 18.6. The first kappa shape index (κ1) is 19.0. The van der Waals surface area contributed by atoms with Crippen LogP contribution in [0.2, 0.25) is 10.0 Å². The number of hydrogen-bond acceptors (Lipinski definition) is 4. The lowest BCUT2D eigenvalue weighted by Gasteiger charge is -2.18. The predicted octanol–water partition coefficient (Wildman–Crippen LogP) is 3.65. The summed E-state index contributed by atoms with van der Waals surface area (Å²) in [6.07, 6.45) is 0. The van der Waals surface area contributed by atoms with Gasteiger partial charge in [-0.15, -0.1) is 0 Å². The van der Waals surface area contributed by atoms with Crippen molar-refractivity contribution < 1.29 is 23.8 Å². The Morgan fingerprint density at radius 1 is 1.24 bits per heavy atom. The highest BCUT2D eigenvalue weighted by Gasteiger charge is 2.18. The standard InChI is InChI=1S/C17H14Cl2FNO4/c1-21(8-12-13(19)3-2-4-14(12)20)16(23)9-25-17(24)11-6-5-10(18)7-15(11)22/h2-7,22H,8-9H2,1H3. The van der Waals surface area contributed by atoms with Crippen LogP contribution in [0.5, 0.6) is 5.75 Å². The summed E-state index contributed by atoms with van der Waals surface area (Å²) in [5.41, 5.74) is 0.0543. The van der Waals surface area contributed by atoms with Gasteiger partial charge in [-0.25, -0.2) is 9.18 Å². The van der Waals surface area contributed by atoms with Crippen LogP contribution in [-0.2, 0) is 16.1 Å². The number of nitrogens with zero attached hydrogens (tertiary/aromatic N) is 1. The Morgan fingerprint density at radius 2 is 1.96 bits per heavy atom. The third-order valence-corrected chi connectivity index (χ3v) is 3.98. The van der Waals surface area contributed by atoms with Gasteiger partial charge in [-0.3, -0.25) is 4.79 Å². The summed E-state index contributed by atoms with van der Waals surface area (Å²) in [7, 11) is 1.43. The third-order valence-electron chi connectivity index (χ3n) is 3.39. The van der Waals surface area contributed by atoms with E-state index in [2.05, 4.69) is 0 Å². The van der Waals surface area contributed by atoms with Crippen molar-refractivity contribution in [2.45, 2.75) is 6.54 Å². The largest absolute Gasteiger partial charge is 0.507 e. The van der Waals surface area contributed by atoms with Crippen LogP contribution in [-0.4, -0.2) is 35.5 Å². The molecule has 0 heterocycles. The molecule has 0 saturated heterocycles. The maximum atomic E-state index is 13.7. The Hall–Kier alpha value is -2.31. The van der Waals surface area contributed by atoms with E-state index in [0.717, 1.165) is 0 Å². The van der Waals surface area contributed by atoms with Crippen LogP contribution in [0.25, 0.3) is 0 Å². The van der Waals surface area contributed by atoms with E-state index in [1.807, 2.05) is 0 Å². The van der Waals surface area contributed by atoms with E-state index < -0.39 is 24.3 Å². The molecule has 132 valence electrons. The van der Waals surface area contributed by atoms with E-state index >= 15 is 0 Å². The SMILES string of the molecule is CN(Cc1c(F)cccc1Cl)C(=O)COC(=O)c1ccc(Cl)cc1O. The lowest BCUT2D eigenvalue weighted by Crippen LogP contribution is -2.31. The fraction of sp³-hybridized carbons (Fsp3) is 0.176. The molecular weight excluding hydrogens is 372 g/mol. The molecule has 0 atom stereocenters. The van der Waals surface area contributed by atoms with Gasteiger partial charge >= 0.3 is 5.97 Å². The summed E-state index contributed by atoms with van der Waals surface area (Å²) in [5, 5.41) is 10.1. The van der Waals surface area contributed by atoms with Crippen LogP contribution in [0.15, 0.2) is 36.4 Å². The number of likely N-dealkylation sites (N-methyl/N-ethyl adjacent to an activating group) is 1. The molecule has 0 saturated carbocycles. The van der Waals surface area contributed by atoms with Crippen LogP contribution in [0.4, 0.5) is 4.39 Å². The number of esters is 1. The zero-order chi connectivity index (χ0) is 18.6. The number of halogens is 3. The molecule has 0 spiro atoms. The molecule has 2 rings (SSSR count). The van der Waals surface area contributed by atoms with Crippen molar-refractivity contribution in [3.8, 4) is 5.75 Å². The van der Waals surface area contributed by atoms with Crippen molar-refractivity contribution in [2.24, 2.45) is 0 Å². The molecule has 0 aliphatic heterocycles. The normalized spacial score (nSPS) is 10.4. The number of rotatable bonds is 5. The number of phenols is 1. The average Bonchev–Trinajstić information content (AvgIpc) is 2.55. The van der Waals surface area contributed by atoms with Crippen molar-refractivity contribution in [1.29, 1.82) is 0 Å². The van der Waals surface area contributed by atoms with Gasteiger partial charge in [0.05, 0.1) is 0 Å². The molecular formula is C17H14Cl2FNO4. The minimum absolute atomic E-state index is 0.0753. The zero-order valence-electron chi connectivity index (χ0n) is 13.1. The van der Waals surface area contributed by atoms with Crippen molar-refractivity contribution in [3.05, 3.63) is 63.4 Å². The zero-order valence-corrected chi connectivity index (χ0v) is 14.6. The maximum Gasteiger partial charge on any atom is 0.342 e. The summed E-state index contributed by atoms with van der Waals surface area (Å²) >= 11 is 11.6. The monoisotopic (exact) mass is 385 g/mol. The van der Waals surface area contributed by atoms with E-state index in [9.17, 15) is 19.1 Å². The summed E-state index contributed by atoms with van der Waals surface area (Å²) in [5.74, 6) is -2.31. The lowest BCUT2D eigenvalue weighted by atomic mass is 10.2. The van der Waals surface area contributed by atoms with Gasteiger partial charge < -0.3 is 14.7 Å². The Labute approximate surface area is 153 Å². The molecule has 0 aliphatic rings. The molecule has 1 N–H and O–H groups in total. The van der Waals surface area contributed by atoms with Crippen molar-refractivity contribution in [2.75, 3.05) is 13.7 Å². The van der Waals surface area contributed by atoms with E-state index in [1.165, 1.54) is 48.3 Å². The van der Waals surface area contributed by atoms with Crippen molar-refractivity contribution >= 4 is 35.1 Å². The molecule has 1 amide bonds. The topological polar surface area (TPSA) is 66.8 Å². The molecule has 0 bridgehead atoms. The molecule has 5 nitrogen and oxygen atoms in total. The molecule has 0 unspecified atom stereocenters. The highest BCUT2D eigenvalue weighted by atomic mass is 35.5. The minimum Gasteiger partial charge on any atom is -0.507 e. The summed E-state index contributed by atoms with van der Waals surface area (Å²) in [6, 6.07) is 8.10. The van der Waals surface area contributed by atoms with Gasteiger partial charge in [0.25, 0.3) is 5.91 Å². The number of carbonyl (C=O) groups excluding carboxylic acids is 2. The van der Waals surface area contributed by atoms with Gasteiger partial charge in [-0.1, -0.05) is 29.3 Å². The highest BCUT2D eigenvalue weighted by Crippen LogP contribution is 2.23. The van der Waals surface area contributed by atoms with Gasteiger partial charge in [0.15, 0.2) is 6.61 Å². The van der Waals surface area contributed by atoms with Crippen LogP contribution >= 0.6 is 23.2 Å². The number of carbonyl (C=O) groups is 2. The van der Waals surface area contributed by atoms with Crippen LogP contribution in [0.3, 0.4) is 0 Å². The molecule has 0 aliphatic carbocycles. The second-order valence-corrected chi connectivity index (χ2v) is 6.03. The highest BCUT2D eigenvalue weighted by molar-refractivity contribution is 6.31. The Balaban J connectivity index is 1.96. The number of benzene rings is 2. The summed E-state index contributed by atoms with van der Waals surface area (Å²) in [4.78, 5) is 25.1. The first-order chi connectivity index (χ1) is 11.8. The second-order valence-electron chi connectivity index (χ2n) is 5.19. The molecule has 0 fully saturated rings. The first-order valence-electron chi connectivity index (χ1n) is 7.12. The number of ether oxygens (including phenoxy) is 1. The minimum atomic E-state index is -0.875. The third kappa shape index (κ3) is 4.84. The van der Waals surface area contributed by atoms with Gasteiger partial charge in [0.1, 0.15) is 17.1 Å². The molecule has 0 radical (unpaired) electrons. The van der Waals surface area contributed by atoms with Crippen molar-refractivity contribution in [1.82, 2.24) is 4.90 Å². The van der Waals surface area contributed by atoms with Gasteiger partial charge in [0.2, 0.25) is 0 Å². The van der Waals surface area contributed by atoms with Gasteiger partial charge in [-0.2, -0.15) is 0 Å². The Kier molecular flexibility index (Phi) is 6.22. The maximum absolute atomic E-state index is 13.7. The lowest BCUT2D eigenvalue weighted by molar-refractivity contribution is -0.133. The number of aromatic hydroxyl groups is 1. The molecule has 2 aromatic rings. The summed E-state index contributed by atoms with van der Waals surface area (Å²) in [6.45, 7) is -0.641. The van der Waals surface area contributed by atoms with Crippen molar-refractivity contribution in [3.63, 3.8) is 0 Å². The predicted molar refractivity (Wildman–Crippen MR) is 91.3 cm³/mol. The number of hydrogen-bond donors (Lipinski definition) is 1.